The Balaban J connectivity index is 1.38. The molecule has 1 aliphatic carbocycles. The van der Waals surface area contributed by atoms with Crippen LogP contribution >= 0.6 is 23.2 Å². The zero-order valence-corrected chi connectivity index (χ0v) is 22.7. The molecular weight excluding hydrogens is 573 g/mol. The highest BCUT2D eigenvalue weighted by Crippen LogP contribution is 2.36. The van der Waals surface area contributed by atoms with Gasteiger partial charge in [-0.05, 0) is 67.4 Å². The van der Waals surface area contributed by atoms with E-state index in [-0.39, 0.29) is 26.9 Å². The van der Waals surface area contributed by atoms with Crippen molar-refractivity contribution in [3.8, 4) is 11.5 Å². The summed E-state index contributed by atoms with van der Waals surface area (Å²) in [4.78, 5) is 63.9. The quantitative estimate of drug-likeness (QED) is 0.105. The highest BCUT2D eigenvalue weighted by atomic mass is 35.5. The molecule has 1 fully saturated rings. The van der Waals surface area contributed by atoms with Gasteiger partial charge < -0.3 is 4.74 Å². The number of allylic oxidation sites excluding steroid dienone is 2. The number of amides is 3. The van der Waals surface area contributed by atoms with Gasteiger partial charge in [0.25, 0.3) is 23.4 Å². The van der Waals surface area contributed by atoms with E-state index in [0.29, 0.717) is 24.3 Å². The van der Waals surface area contributed by atoms with Gasteiger partial charge in [-0.3, -0.25) is 29.3 Å². The molecule has 1 heterocycles. The molecule has 10 nitrogen and oxygen atoms in total. The summed E-state index contributed by atoms with van der Waals surface area (Å²) in [5, 5.41) is 12.8. The van der Waals surface area contributed by atoms with Crippen LogP contribution in [0.5, 0.6) is 11.5 Å². The Labute approximate surface area is 243 Å². The molecular formula is C29H21Cl2N3O7. The zero-order valence-electron chi connectivity index (χ0n) is 21.2. The molecule has 3 aromatic carbocycles. The minimum absolute atomic E-state index is 0.0487. The van der Waals surface area contributed by atoms with Crippen molar-refractivity contribution < 1.29 is 28.8 Å². The van der Waals surface area contributed by atoms with Crippen LogP contribution < -0.4 is 4.74 Å². The first-order valence-electron chi connectivity index (χ1n) is 12.5. The fraction of sp³-hybridized carbons (Fsp3) is 0.172. The standard InChI is InChI=1S/C29H21Cl2N3O7/c30-24-14-7-18(15-25(24)31)27(36)32(33-28(37)22-3-1-2-4-23(22)29(33)38)16-26(35)17-5-10-20(11-6-17)41-21-12-8-19(9-13-21)34(39)40/h1-2,5-15,22-23H,3-4,16H2/t22-,23-/m1/s1. The number of nitro benzene ring substituents is 1. The summed E-state index contributed by atoms with van der Waals surface area (Å²) in [7, 11) is 0. The monoisotopic (exact) mass is 593 g/mol. The van der Waals surface area contributed by atoms with E-state index in [0.717, 1.165) is 10.0 Å². The van der Waals surface area contributed by atoms with Gasteiger partial charge in [0, 0.05) is 23.3 Å². The summed E-state index contributed by atoms with van der Waals surface area (Å²) in [5.74, 6) is -2.88. The second kappa shape index (κ2) is 11.5. The number of rotatable bonds is 8. The molecule has 0 bridgehead atoms. The number of halogens is 2. The van der Waals surface area contributed by atoms with Crippen molar-refractivity contribution in [1.29, 1.82) is 0 Å². The van der Waals surface area contributed by atoms with Gasteiger partial charge in [0.1, 0.15) is 18.0 Å². The number of benzene rings is 3. The maximum atomic E-state index is 13.6. The van der Waals surface area contributed by atoms with E-state index < -0.39 is 46.8 Å². The third kappa shape index (κ3) is 5.70. The maximum absolute atomic E-state index is 13.6. The number of Topliss-reactive ketones (excluding diaryl/α,β-unsaturated/α-hetero) is 1. The molecule has 1 saturated heterocycles. The molecule has 0 saturated carbocycles. The Bertz CT molecular complexity index is 1560. The number of carbonyl (C=O) groups excluding carboxylic acids is 4. The number of hydrogen-bond donors (Lipinski definition) is 0. The fourth-order valence-electron chi connectivity index (χ4n) is 4.74. The number of nitrogens with zero attached hydrogens (tertiary/aromatic N) is 3. The van der Waals surface area contributed by atoms with Crippen molar-refractivity contribution in [2.45, 2.75) is 12.8 Å². The molecule has 3 amide bonds. The lowest BCUT2D eigenvalue weighted by Crippen LogP contribution is -2.52. The van der Waals surface area contributed by atoms with Crippen molar-refractivity contribution in [2.75, 3.05) is 6.54 Å². The minimum Gasteiger partial charge on any atom is -0.457 e. The van der Waals surface area contributed by atoms with Crippen molar-refractivity contribution in [1.82, 2.24) is 10.0 Å². The van der Waals surface area contributed by atoms with Gasteiger partial charge in [-0.15, -0.1) is 0 Å². The Kier molecular flexibility index (Phi) is 7.87. The topological polar surface area (TPSA) is 127 Å². The van der Waals surface area contributed by atoms with E-state index in [9.17, 15) is 29.3 Å². The lowest BCUT2D eigenvalue weighted by molar-refractivity contribution is -0.384. The number of hydrazine groups is 1. The van der Waals surface area contributed by atoms with E-state index in [1.165, 1.54) is 66.7 Å². The molecule has 12 heteroatoms. The molecule has 1 aliphatic heterocycles. The fourth-order valence-corrected chi connectivity index (χ4v) is 5.04. The summed E-state index contributed by atoms with van der Waals surface area (Å²) in [5.41, 5.74) is 0.169. The van der Waals surface area contributed by atoms with Crippen LogP contribution in [-0.4, -0.2) is 45.0 Å². The van der Waals surface area contributed by atoms with Gasteiger partial charge in [-0.2, -0.15) is 5.01 Å². The predicted molar refractivity (Wildman–Crippen MR) is 149 cm³/mol. The lowest BCUT2D eigenvalue weighted by atomic mass is 9.85. The smallest absolute Gasteiger partial charge is 0.273 e. The van der Waals surface area contributed by atoms with E-state index in [1.807, 2.05) is 12.2 Å². The molecule has 2 aliphatic rings. The van der Waals surface area contributed by atoms with Crippen LogP contribution in [-0.2, 0) is 9.59 Å². The van der Waals surface area contributed by atoms with Crippen LogP contribution in [0.15, 0.2) is 78.9 Å². The third-order valence-corrected chi connectivity index (χ3v) is 7.62. The van der Waals surface area contributed by atoms with Crippen LogP contribution in [0.2, 0.25) is 10.0 Å². The Morgan fingerprint density at radius 1 is 0.854 bits per heavy atom. The molecule has 0 spiro atoms. The maximum Gasteiger partial charge on any atom is 0.273 e. The summed E-state index contributed by atoms with van der Waals surface area (Å²) < 4.78 is 5.68. The van der Waals surface area contributed by atoms with Crippen LogP contribution in [0.4, 0.5) is 5.69 Å². The molecule has 0 radical (unpaired) electrons. The molecule has 41 heavy (non-hydrogen) atoms. The first-order valence-corrected chi connectivity index (χ1v) is 13.2. The van der Waals surface area contributed by atoms with Crippen LogP contribution in [0, 0.1) is 22.0 Å². The van der Waals surface area contributed by atoms with Gasteiger partial charge in [0.2, 0.25) is 0 Å². The number of non-ortho nitro benzene ring substituents is 1. The average molecular weight is 594 g/mol. The predicted octanol–water partition coefficient (Wildman–Crippen LogP) is 5.89. The summed E-state index contributed by atoms with van der Waals surface area (Å²) >= 11 is 12.1. The highest BCUT2D eigenvalue weighted by molar-refractivity contribution is 6.42. The molecule has 5 rings (SSSR count). The molecule has 0 aromatic heterocycles. The van der Waals surface area contributed by atoms with Crippen LogP contribution in [0.1, 0.15) is 33.6 Å². The van der Waals surface area contributed by atoms with Gasteiger partial charge in [-0.1, -0.05) is 35.4 Å². The van der Waals surface area contributed by atoms with Gasteiger partial charge >= 0.3 is 0 Å². The number of nitro groups is 1. The number of ether oxygens (including phenoxy) is 1. The van der Waals surface area contributed by atoms with Crippen LogP contribution in [0.3, 0.4) is 0 Å². The largest absolute Gasteiger partial charge is 0.457 e. The molecule has 0 N–H and O–H groups in total. The number of hydrogen-bond acceptors (Lipinski definition) is 7. The van der Waals surface area contributed by atoms with E-state index >= 15 is 0 Å². The Hall–Kier alpha value is -4.54. The second-order valence-corrected chi connectivity index (χ2v) is 10.3. The second-order valence-electron chi connectivity index (χ2n) is 9.44. The number of carbonyl (C=O) groups is 4. The van der Waals surface area contributed by atoms with Crippen molar-refractivity contribution >= 4 is 52.4 Å². The van der Waals surface area contributed by atoms with Crippen molar-refractivity contribution in [3.63, 3.8) is 0 Å². The molecule has 0 unspecified atom stereocenters. The lowest BCUT2D eigenvalue weighted by Gasteiger charge is -2.30. The van der Waals surface area contributed by atoms with Gasteiger partial charge in [0.15, 0.2) is 5.78 Å². The summed E-state index contributed by atoms with van der Waals surface area (Å²) in [6.45, 7) is -0.591. The normalized spacial score (nSPS) is 17.8. The molecule has 3 aromatic rings. The van der Waals surface area contributed by atoms with Gasteiger partial charge in [-0.25, -0.2) is 5.01 Å². The average Bonchev–Trinajstić information content (AvgIpc) is 3.22. The van der Waals surface area contributed by atoms with Crippen LogP contribution in [0.25, 0.3) is 0 Å². The van der Waals surface area contributed by atoms with E-state index in [2.05, 4.69) is 0 Å². The number of imide groups is 1. The molecule has 208 valence electrons. The SMILES string of the molecule is O=C(CN(C(=O)c1ccc(Cl)c(Cl)c1)N1C(=O)[C@@H]2CC=CC[C@H]2C1=O)c1ccc(Oc2ccc([N+](=O)[O-])cc2)cc1. The van der Waals surface area contributed by atoms with Crippen molar-refractivity contribution in [3.05, 3.63) is 110 Å². The summed E-state index contributed by atoms with van der Waals surface area (Å²) in [6.07, 6.45) is 4.38. The van der Waals surface area contributed by atoms with E-state index in [1.54, 1.807) is 0 Å². The third-order valence-electron chi connectivity index (χ3n) is 6.88. The first kappa shape index (κ1) is 28.0. The summed E-state index contributed by atoms with van der Waals surface area (Å²) in [6, 6.07) is 15.6. The van der Waals surface area contributed by atoms with E-state index in [4.69, 9.17) is 27.9 Å². The number of ketones is 1. The highest BCUT2D eigenvalue weighted by Gasteiger charge is 2.51. The first-order chi connectivity index (χ1) is 19.6. The minimum atomic E-state index is -0.761. The zero-order chi connectivity index (χ0) is 29.3. The Morgan fingerprint density at radius 2 is 1.39 bits per heavy atom. The Morgan fingerprint density at radius 3 is 1.93 bits per heavy atom. The van der Waals surface area contributed by atoms with Crippen molar-refractivity contribution in [2.24, 2.45) is 11.8 Å². The van der Waals surface area contributed by atoms with Gasteiger partial charge in [0.05, 0.1) is 26.8 Å². The molecule has 2 atom stereocenters. The number of fused-ring (bicyclic) bond motifs is 1.